The summed E-state index contributed by atoms with van der Waals surface area (Å²) in [7, 11) is 0. The number of hydrogen-bond acceptors (Lipinski definition) is 3. The van der Waals surface area contributed by atoms with Gasteiger partial charge in [-0.25, -0.2) is 0 Å². The second-order valence-corrected chi connectivity index (χ2v) is 8.19. The van der Waals surface area contributed by atoms with Gasteiger partial charge >= 0.3 is 5.97 Å². The SMILES string of the molecule is CCCC(c1ccccc1N1CCCCC1)C(C(N)=O)c1ccc(CC(=O)O)cc1. The molecule has 0 bridgehead atoms. The number of nitrogens with zero attached hydrogens (tertiary/aromatic N) is 1. The summed E-state index contributed by atoms with van der Waals surface area (Å²) < 4.78 is 0. The van der Waals surface area contributed by atoms with Crippen molar-refractivity contribution in [3.63, 3.8) is 0 Å². The smallest absolute Gasteiger partial charge is 0.307 e. The topological polar surface area (TPSA) is 83.6 Å². The number of primary amides is 1. The molecule has 1 aliphatic rings. The normalized spacial score (nSPS) is 16.1. The van der Waals surface area contributed by atoms with Crippen LogP contribution in [-0.4, -0.2) is 30.1 Å². The molecule has 3 N–H and O–H groups in total. The summed E-state index contributed by atoms with van der Waals surface area (Å²) in [6.45, 7) is 4.21. The van der Waals surface area contributed by atoms with Crippen LogP contribution in [0.3, 0.4) is 0 Å². The van der Waals surface area contributed by atoms with Crippen molar-refractivity contribution in [2.75, 3.05) is 18.0 Å². The van der Waals surface area contributed by atoms with Crippen molar-refractivity contribution >= 4 is 17.6 Å². The fourth-order valence-corrected chi connectivity index (χ4v) is 4.65. The van der Waals surface area contributed by atoms with Crippen LogP contribution in [0.25, 0.3) is 0 Å². The number of piperidine rings is 1. The van der Waals surface area contributed by atoms with E-state index < -0.39 is 11.9 Å². The highest BCUT2D eigenvalue weighted by atomic mass is 16.4. The van der Waals surface area contributed by atoms with Crippen molar-refractivity contribution in [2.45, 2.75) is 57.3 Å². The number of rotatable bonds is 9. The Morgan fingerprint density at radius 1 is 1.03 bits per heavy atom. The third kappa shape index (κ3) is 5.21. The number of carbonyl (C=O) groups is 2. The van der Waals surface area contributed by atoms with E-state index in [0.717, 1.165) is 37.1 Å². The number of carboxylic acids is 1. The van der Waals surface area contributed by atoms with Gasteiger partial charge in [0.2, 0.25) is 5.91 Å². The number of benzene rings is 2. The Balaban J connectivity index is 1.99. The van der Waals surface area contributed by atoms with Crippen molar-refractivity contribution in [3.8, 4) is 0 Å². The molecular formula is C25H32N2O3. The Labute approximate surface area is 178 Å². The van der Waals surface area contributed by atoms with Gasteiger partial charge in [0.25, 0.3) is 0 Å². The van der Waals surface area contributed by atoms with E-state index in [1.807, 2.05) is 18.2 Å². The van der Waals surface area contributed by atoms with E-state index in [1.165, 1.54) is 30.5 Å². The van der Waals surface area contributed by atoms with Crippen LogP contribution in [0, 0.1) is 0 Å². The predicted molar refractivity (Wildman–Crippen MR) is 120 cm³/mol. The fraction of sp³-hybridized carbons (Fsp3) is 0.440. The molecule has 2 unspecified atom stereocenters. The van der Waals surface area contributed by atoms with Crippen LogP contribution in [0.5, 0.6) is 0 Å². The van der Waals surface area contributed by atoms with Crippen LogP contribution < -0.4 is 10.6 Å². The number of hydrogen-bond donors (Lipinski definition) is 2. The van der Waals surface area contributed by atoms with E-state index in [4.69, 9.17) is 10.8 Å². The third-order valence-corrected chi connectivity index (χ3v) is 6.04. The summed E-state index contributed by atoms with van der Waals surface area (Å²) >= 11 is 0. The van der Waals surface area contributed by atoms with Crippen molar-refractivity contribution in [2.24, 2.45) is 5.73 Å². The number of anilines is 1. The fourth-order valence-electron chi connectivity index (χ4n) is 4.65. The maximum atomic E-state index is 12.7. The summed E-state index contributed by atoms with van der Waals surface area (Å²) in [4.78, 5) is 26.1. The lowest BCUT2D eigenvalue weighted by Crippen LogP contribution is -2.32. The quantitative estimate of drug-likeness (QED) is 0.642. The molecular weight excluding hydrogens is 376 g/mol. The Morgan fingerprint density at radius 3 is 2.30 bits per heavy atom. The predicted octanol–water partition coefficient (Wildman–Crippen LogP) is 4.46. The maximum absolute atomic E-state index is 12.7. The van der Waals surface area contributed by atoms with Gasteiger partial charge in [-0.3, -0.25) is 9.59 Å². The molecule has 1 heterocycles. The van der Waals surface area contributed by atoms with Gasteiger partial charge in [-0.2, -0.15) is 0 Å². The molecule has 1 aliphatic heterocycles. The van der Waals surface area contributed by atoms with Gasteiger partial charge in [-0.15, -0.1) is 0 Å². The molecule has 0 aliphatic carbocycles. The molecule has 5 heteroatoms. The number of carbonyl (C=O) groups excluding carboxylic acids is 1. The van der Waals surface area contributed by atoms with E-state index >= 15 is 0 Å². The second kappa shape index (κ2) is 10.3. The van der Waals surface area contributed by atoms with Gasteiger partial charge in [0, 0.05) is 24.7 Å². The van der Waals surface area contributed by atoms with Crippen LogP contribution in [-0.2, 0) is 16.0 Å². The highest BCUT2D eigenvalue weighted by molar-refractivity contribution is 5.84. The van der Waals surface area contributed by atoms with Crippen LogP contribution in [0.1, 0.15) is 67.6 Å². The number of aliphatic carboxylic acids is 1. The molecule has 160 valence electrons. The van der Waals surface area contributed by atoms with Crippen molar-refractivity contribution in [1.82, 2.24) is 0 Å². The first-order valence-electron chi connectivity index (χ1n) is 10.9. The molecule has 5 nitrogen and oxygen atoms in total. The van der Waals surface area contributed by atoms with Gasteiger partial charge in [0.05, 0.1) is 12.3 Å². The maximum Gasteiger partial charge on any atom is 0.307 e. The summed E-state index contributed by atoms with van der Waals surface area (Å²) in [5.41, 5.74) is 9.90. The minimum Gasteiger partial charge on any atom is -0.481 e. The zero-order valence-corrected chi connectivity index (χ0v) is 17.7. The summed E-state index contributed by atoms with van der Waals surface area (Å²) in [6.07, 6.45) is 5.42. The molecule has 30 heavy (non-hydrogen) atoms. The zero-order valence-electron chi connectivity index (χ0n) is 17.7. The number of nitrogens with two attached hydrogens (primary N) is 1. The largest absolute Gasteiger partial charge is 0.481 e. The average molecular weight is 409 g/mol. The molecule has 0 radical (unpaired) electrons. The molecule has 0 spiro atoms. The Morgan fingerprint density at radius 2 is 1.70 bits per heavy atom. The van der Waals surface area contributed by atoms with E-state index in [2.05, 4.69) is 30.0 Å². The van der Waals surface area contributed by atoms with Crippen molar-refractivity contribution in [1.29, 1.82) is 0 Å². The second-order valence-electron chi connectivity index (χ2n) is 8.19. The highest BCUT2D eigenvalue weighted by Gasteiger charge is 2.31. The lowest BCUT2D eigenvalue weighted by molar-refractivity contribution is -0.136. The molecule has 0 saturated carbocycles. The number of amides is 1. The van der Waals surface area contributed by atoms with E-state index in [1.54, 1.807) is 12.1 Å². The monoisotopic (exact) mass is 408 g/mol. The summed E-state index contributed by atoms with van der Waals surface area (Å²) in [5, 5.41) is 9.02. The van der Waals surface area contributed by atoms with Crippen LogP contribution >= 0.6 is 0 Å². The molecule has 2 atom stereocenters. The van der Waals surface area contributed by atoms with E-state index in [0.29, 0.717) is 0 Å². The first kappa shape index (κ1) is 21.9. The average Bonchev–Trinajstić information content (AvgIpc) is 2.74. The summed E-state index contributed by atoms with van der Waals surface area (Å²) in [5.74, 6) is -1.67. The number of para-hydroxylation sites is 1. The van der Waals surface area contributed by atoms with Crippen LogP contribution in [0.2, 0.25) is 0 Å². The molecule has 0 aromatic heterocycles. The first-order chi connectivity index (χ1) is 14.5. The van der Waals surface area contributed by atoms with Crippen molar-refractivity contribution < 1.29 is 14.7 Å². The third-order valence-electron chi connectivity index (χ3n) is 6.04. The van der Waals surface area contributed by atoms with Crippen LogP contribution in [0.4, 0.5) is 5.69 Å². The van der Waals surface area contributed by atoms with E-state index in [9.17, 15) is 9.59 Å². The Hall–Kier alpha value is -2.82. The minimum atomic E-state index is -0.867. The van der Waals surface area contributed by atoms with Crippen LogP contribution in [0.15, 0.2) is 48.5 Å². The minimum absolute atomic E-state index is 0.0176. The Kier molecular flexibility index (Phi) is 7.50. The first-order valence-corrected chi connectivity index (χ1v) is 10.9. The molecule has 3 rings (SSSR count). The van der Waals surface area contributed by atoms with Gasteiger partial charge in [0.1, 0.15) is 0 Å². The lowest BCUT2D eigenvalue weighted by atomic mass is 9.77. The molecule has 1 saturated heterocycles. The van der Waals surface area contributed by atoms with E-state index in [-0.39, 0.29) is 18.2 Å². The van der Waals surface area contributed by atoms with Gasteiger partial charge in [-0.1, -0.05) is 55.8 Å². The summed E-state index contributed by atoms with van der Waals surface area (Å²) in [6, 6.07) is 15.7. The Bertz CT molecular complexity index is 857. The molecule has 2 aromatic carbocycles. The van der Waals surface area contributed by atoms with Crippen molar-refractivity contribution in [3.05, 3.63) is 65.2 Å². The standard InChI is InChI=1S/C25H32N2O3/c1-2-8-21(20-9-4-5-10-22(20)27-15-6-3-7-16-27)24(25(26)30)19-13-11-18(12-14-19)17-23(28)29/h4-5,9-14,21,24H,2-3,6-8,15-17H2,1H3,(H2,26,30)(H,28,29). The zero-order chi connectivity index (χ0) is 21.5. The molecule has 1 amide bonds. The number of carboxylic acid groups (broad SMARTS) is 1. The van der Waals surface area contributed by atoms with Gasteiger partial charge in [-0.05, 0) is 48.4 Å². The highest BCUT2D eigenvalue weighted by Crippen LogP contribution is 2.41. The molecule has 2 aromatic rings. The van der Waals surface area contributed by atoms with Gasteiger partial charge in [0.15, 0.2) is 0 Å². The lowest BCUT2D eigenvalue weighted by Gasteiger charge is -2.34. The van der Waals surface area contributed by atoms with Gasteiger partial charge < -0.3 is 15.7 Å². The molecule has 1 fully saturated rings.